The summed E-state index contributed by atoms with van der Waals surface area (Å²) < 4.78 is 0. The van der Waals surface area contributed by atoms with Crippen molar-refractivity contribution in [1.29, 1.82) is 0 Å². The Balaban J connectivity index is 1.96. The molecule has 0 aliphatic carbocycles. The Morgan fingerprint density at radius 1 is 1.26 bits per heavy atom. The molecule has 120 valence electrons. The van der Waals surface area contributed by atoms with E-state index in [0.717, 1.165) is 18.4 Å². The van der Waals surface area contributed by atoms with Crippen LogP contribution >= 0.6 is 0 Å². The summed E-state index contributed by atoms with van der Waals surface area (Å²) in [7, 11) is 0. The minimum atomic E-state index is -0.412. The number of nitrogens with zero attached hydrogens (tertiary/aromatic N) is 3. The first-order chi connectivity index (χ1) is 11.2. The van der Waals surface area contributed by atoms with Crippen LogP contribution in [0.5, 0.6) is 0 Å². The molecular weight excluding hydrogens is 294 g/mol. The molecule has 1 aromatic heterocycles. The average molecular weight is 313 g/mol. The van der Waals surface area contributed by atoms with Gasteiger partial charge in [-0.3, -0.25) is 10.1 Å². The number of anilines is 1. The van der Waals surface area contributed by atoms with Crippen molar-refractivity contribution in [3.8, 4) is 0 Å². The highest BCUT2D eigenvalue weighted by Crippen LogP contribution is 2.37. The summed E-state index contributed by atoms with van der Waals surface area (Å²) in [5, 5.41) is 21.3. The van der Waals surface area contributed by atoms with Gasteiger partial charge in [0.2, 0.25) is 5.82 Å². The lowest BCUT2D eigenvalue weighted by Crippen LogP contribution is -2.48. The highest BCUT2D eigenvalue weighted by Gasteiger charge is 2.38. The second kappa shape index (κ2) is 6.34. The normalized spacial score (nSPS) is 21.2. The van der Waals surface area contributed by atoms with E-state index < -0.39 is 10.3 Å². The minimum absolute atomic E-state index is 0.00808. The fraction of sp³-hybridized carbons (Fsp3) is 0.353. The minimum Gasteiger partial charge on any atom is -0.395 e. The lowest BCUT2D eigenvalue weighted by molar-refractivity contribution is -0.384. The van der Waals surface area contributed by atoms with Crippen molar-refractivity contribution in [3.05, 3.63) is 64.3 Å². The first-order valence-corrected chi connectivity index (χ1v) is 7.67. The number of pyridine rings is 1. The lowest BCUT2D eigenvalue weighted by Gasteiger charge is -2.42. The summed E-state index contributed by atoms with van der Waals surface area (Å²) in [5.74, 6) is 0.381. The zero-order valence-electron chi connectivity index (χ0n) is 12.8. The highest BCUT2D eigenvalue weighted by molar-refractivity contribution is 5.58. The topological polar surface area (TPSA) is 79.5 Å². The van der Waals surface area contributed by atoms with Gasteiger partial charge in [-0.05, 0) is 24.5 Å². The van der Waals surface area contributed by atoms with Crippen molar-refractivity contribution >= 4 is 11.5 Å². The molecule has 1 aromatic carbocycles. The molecule has 0 radical (unpaired) electrons. The Labute approximate surface area is 134 Å². The van der Waals surface area contributed by atoms with E-state index in [1.165, 1.54) is 6.07 Å². The maximum Gasteiger partial charge on any atom is 0.311 e. The van der Waals surface area contributed by atoms with E-state index in [1.54, 1.807) is 12.3 Å². The molecule has 3 rings (SSSR count). The van der Waals surface area contributed by atoms with Crippen LogP contribution in [-0.2, 0) is 5.41 Å². The highest BCUT2D eigenvalue weighted by atomic mass is 16.6. The molecule has 2 heterocycles. The third-order valence-corrected chi connectivity index (χ3v) is 4.53. The molecule has 1 atom stereocenters. The van der Waals surface area contributed by atoms with Gasteiger partial charge in [-0.1, -0.05) is 30.3 Å². The Kier molecular flexibility index (Phi) is 4.25. The van der Waals surface area contributed by atoms with Crippen molar-refractivity contribution in [1.82, 2.24) is 4.98 Å². The second-order valence-electron chi connectivity index (χ2n) is 5.93. The molecule has 1 aliphatic heterocycles. The van der Waals surface area contributed by atoms with E-state index in [2.05, 4.69) is 4.98 Å². The van der Waals surface area contributed by atoms with E-state index in [-0.39, 0.29) is 12.3 Å². The molecule has 0 amide bonds. The van der Waals surface area contributed by atoms with Crippen LogP contribution in [0.4, 0.5) is 11.5 Å². The molecule has 23 heavy (non-hydrogen) atoms. The van der Waals surface area contributed by atoms with Gasteiger partial charge >= 0.3 is 5.69 Å². The molecule has 1 aliphatic rings. The molecule has 6 heteroatoms. The second-order valence-corrected chi connectivity index (χ2v) is 5.93. The zero-order chi connectivity index (χ0) is 16.3. The molecule has 2 aromatic rings. The summed E-state index contributed by atoms with van der Waals surface area (Å²) >= 11 is 0. The smallest absolute Gasteiger partial charge is 0.311 e. The van der Waals surface area contributed by atoms with Gasteiger partial charge in [-0.2, -0.15) is 0 Å². The predicted octanol–water partition coefficient (Wildman–Crippen LogP) is 2.52. The van der Waals surface area contributed by atoms with Crippen molar-refractivity contribution in [3.63, 3.8) is 0 Å². The summed E-state index contributed by atoms with van der Waals surface area (Å²) in [4.78, 5) is 17.0. The number of benzene rings is 1. The van der Waals surface area contributed by atoms with Gasteiger partial charge in [-0.15, -0.1) is 0 Å². The first-order valence-electron chi connectivity index (χ1n) is 7.67. The number of aliphatic hydroxyl groups excluding tert-OH is 1. The van der Waals surface area contributed by atoms with Crippen LogP contribution in [0.25, 0.3) is 0 Å². The number of piperidine rings is 1. The number of aromatic nitrogens is 1. The molecular formula is C17H19N3O3. The van der Waals surface area contributed by atoms with Crippen LogP contribution < -0.4 is 4.90 Å². The van der Waals surface area contributed by atoms with Crippen molar-refractivity contribution in [2.24, 2.45) is 0 Å². The molecule has 0 saturated carbocycles. The molecule has 1 saturated heterocycles. The SMILES string of the molecule is O=[N+]([O-])c1cccnc1N1CCC[C@](CO)(c2ccccc2)C1. The fourth-order valence-electron chi connectivity index (χ4n) is 3.33. The summed E-state index contributed by atoms with van der Waals surface area (Å²) in [6.07, 6.45) is 3.27. The van der Waals surface area contributed by atoms with Gasteiger partial charge in [0.15, 0.2) is 0 Å². The van der Waals surface area contributed by atoms with E-state index in [4.69, 9.17) is 0 Å². The van der Waals surface area contributed by atoms with Crippen LogP contribution in [0, 0.1) is 10.1 Å². The molecule has 0 spiro atoms. The van der Waals surface area contributed by atoms with Gasteiger partial charge in [0.1, 0.15) is 0 Å². The number of hydrogen-bond donors (Lipinski definition) is 1. The third-order valence-electron chi connectivity index (χ3n) is 4.53. The van der Waals surface area contributed by atoms with E-state index in [9.17, 15) is 15.2 Å². The van der Waals surface area contributed by atoms with Gasteiger partial charge < -0.3 is 10.0 Å². The number of aliphatic hydroxyl groups is 1. The Hall–Kier alpha value is -2.47. The Morgan fingerprint density at radius 3 is 2.74 bits per heavy atom. The van der Waals surface area contributed by atoms with Crippen LogP contribution in [0.1, 0.15) is 18.4 Å². The van der Waals surface area contributed by atoms with Crippen LogP contribution in [-0.4, -0.2) is 34.7 Å². The summed E-state index contributed by atoms with van der Waals surface area (Å²) in [6.45, 7) is 1.23. The van der Waals surface area contributed by atoms with E-state index in [1.807, 2.05) is 35.2 Å². The van der Waals surface area contributed by atoms with Crippen LogP contribution in [0.15, 0.2) is 48.7 Å². The van der Waals surface area contributed by atoms with Crippen molar-refractivity contribution in [2.75, 3.05) is 24.6 Å². The number of rotatable bonds is 4. The van der Waals surface area contributed by atoms with Gasteiger partial charge in [0, 0.05) is 30.8 Å². The Bertz CT molecular complexity index is 692. The molecule has 6 nitrogen and oxygen atoms in total. The maximum absolute atomic E-state index is 11.3. The maximum atomic E-state index is 11.3. The van der Waals surface area contributed by atoms with Crippen LogP contribution in [0.2, 0.25) is 0 Å². The molecule has 1 N–H and O–H groups in total. The summed E-state index contributed by atoms with van der Waals surface area (Å²) in [6, 6.07) is 12.9. The van der Waals surface area contributed by atoms with Crippen molar-refractivity contribution in [2.45, 2.75) is 18.3 Å². The van der Waals surface area contributed by atoms with Gasteiger partial charge in [0.05, 0.1) is 11.5 Å². The monoisotopic (exact) mass is 313 g/mol. The molecule has 0 bridgehead atoms. The number of nitro groups is 1. The van der Waals surface area contributed by atoms with Gasteiger partial charge in [0.25, 0.3) is 0 Å². The Morgan fingerprint density at radius 2 is 2.04 bits per heavy atom. The predicted molar refractivity (Wildman–Crippen MR) is 87.5 cm³/mol. The van der Waals surface area contributed by atoms with Crippen molar-refractivity contribution < 1.29 is 10.0 Å². The largest absolute Gasteiger partial charge is 0.395 e. The van der Waals surface area contributed by atoms with E-state index >= 15 is 0 Å². The first kappa shape index (κ1) is 15.4. The summed E-state index contributed by atoms with van der Waals surface area (Å²) in [5.41, 5.74) is 0.658. The van der Waals surface area contributed by atoms with Crippen LogP contribution in [0.3, 0.4) is 0 Å². The van der Waals surface area contributed by atoms with Gasteiger partial charge in [-0.25, -0.2) is 4.98 Å². The zero-order valence-corrected chi connectivity index (χ0v) is 12.8. The lowest BCUT2D eigenvalue weighted by atomic mass is 9.74. The quantitative estimate of drug-likeness (QED) is 0.693. The average Bonchev–Trinajstić information content (AvgIpc) is 2.62. The molecule has 0 unspecified atom stereocenters. The third kappa shape index (κ3) is 2.90. The standard InChI is InChI=1S/C17H19N3O3/c21-13-17(14-6-2-1-3-7-14)9-5-11-19(12-17)16-15(20(22)23)8-4-10-18-16/h1-4,6-8,10,21H,5,9,11-13H2/t17-/m0/s1. The molecule has 1 fully saturated rings. The fourth-order valence-corrected chi connectivity index (χ4v) is 3.33. The van der Waals surface area contributed by atoms with E-state index in [0.29, 0.717) is 18.9 Å². The number of hydrogen-bond acceptors (Lipinski definition) is 5.